The molecule has 2 heterocycles. The predicted octanol–water partition coefficient (Wildman–Crippen LogP) is 5.07. The van der Waals surface area contributed by atoms with Crippen LogP contribution in [-0.2, 0) is 9.59 Å². The maximum absolute atomic E-state index is 13.7. The van der Waals surface area contributed by atoms with Crippen LogP contribution in [0.3, 0.4) is 0 Å². The van der Waals surface area contributed by atoms with Crippen LogP contribution < -0.4 is 0 Å². The Bertz CT molecular complexity index is 1260. The molecule has 2 N–H and O–H groups in total. The van der Waals surface area contributed by atoms with Gasteiger partial charge < -0.3 is 10.1 Å². The number of fused-ring (bicyclic) bond motifs is 6. The van der Waals surface area contributed by atoms with Crippen LogP contribution in [0.1, 0.15) is 46.0 Å². The molecule has 184 valence electrons. The summed E-state index contributed by atoms with van der Waals surface area (Å²) in [7, 11) is 0. The van der Waals surface area contributed by atoms with Gasteiger partial charge in [-0.05, 0) is 74.1 Å². The number of nitrogens with one attached hydrogen (secondary N) is 1. The van der Waals surface area contributed by atoms with Crippen molar-refractivity contribution >= 4 is 57.1 Å². The van der Waals surface area contributed by atoms with E-state index in [1.807, 2.05) is 18.2 Å². The number of nitrogens with zero attached hydrogens (tertiary/aromatic N) is 2. The van der Waals surface area contributed by atoms with Gasteiger partial charge in [0.25, 0.3) is 0 Å². The van der Waals surface area contributed by atoms with Crippen molar-refractivity contribution in [2.75, 3.05) is 5.75 Å². The first kappa shape index (κ1) is 23.9. The molecule has 0 amide bonds. The highest BCUT2D eigenvalue weighted by atomic mass is 127. The largest absolute Gasteiger partial charge is 0.380 e. The lowest BCUT2D eigenvalue weighted by Crippen LogP contribution is -2.59. The van der Waals surface area contributed by atoms with Crippen LogP contribution >= 0.6 is 34.4 Å². The lowest BCUT2D eigenvalue weighted by atomic mass is 9.47. The zero-order valence-electron chi connectivity index (χ0n) is 20.0. The number of hydrogen-bond donors (Lipinski definition) is 2. The maximum Gasteiger partial charge on any atom is 0.178 e. The van der Waals surface area contributed by atoms with Crippen LogP contribution in [0.2, 0.25) is 0 Å². The number of carbonyl (C=O) groups is 2. The first-order valence-corrected chi connectivity index (χ1v) is 14.7. The molecule has 0 aliphatic heterocycles. The third-order valence-electron chi connectivity index (χ3n) is 9.73. The van der Waals surface area contributed by atoms with E-state index in [2.05, 4.69) is 57.5 Å². The molecule has 6 rings (SSSR count). The number of imidazole rings is 1. The number of thioether (sulfide) groups is 1. The number of aliphatic hydroxyl groups is 1. The van der Waals surface area contributed by atoms with Gasteiger partial charge in [-0.3, -0.25) is 9.59 Å². The molecule has 7 atom stereocenters. The van der Waals surface area contributed by atoms with Gasteiger partial charge in [-0.25, -0.2) is 9.97 Å². The molecule has 6 nitrogen and oxygen atoms in total. The topological polar surface area (TPSA) is 95.9 Å². The highest BCUT2D eigenvalue weighted by molar-refractivity contribution is 14.1. The minimum absolute atomic E-state index is 0.0885. The summed E-state index contributed by atoms with van der Waals surface area (Å²) in [6.07, 6.45) is 12.0. The normalized spacial score (nSPS) is 40.2. The summed E-state index contributed by atoms with van der Waals surface area (Å²) >= 11 is 3.68. The second-order valence-electron chi connectivity index (χ2n) is 11.2. The van der Waals surface area contributed by atoms with Gasteiger partial charge in [-0.1, -0.05) is 59.8 Å². The van der Waals surface area contributed by atoms with E-state index in [1.54, 1.807) is 12.3 Å². The first-order valence-electron chi connectivity index (χ1n) is 12.4. The van der Waals surface area contributed by atoms with Crippen LogP contribution in [-0.4, -0.2) is 46.9 Å². The molecule has 8 heteroatoms. The Morgan fingerprint density at radius 1 is 1.31 bits per heavy atom. The van der Waals surface area contributed by atoms with E-state index in [1.165, 1.54) is 17.3 Å². The van der Waals surface area contributed by atoms with E-state index >= 15 is 0 Å². The van der Waals surface area contributed by atoms with Gasteiger partial charge in [0, 0.05) is 21.0 Å². The van der Waals surface area contributed by atoms with Crippen molar-refractivity contribution in [3.8, 4) is 0 Å². The van der Waals surface area contributed by atoms with Crippen LogP contribution in [0.15, 0.2) is 47.3 Å². The Kier molecular flexibility index (Phi) is 5.62. The van der Waals surface area contributed by atoms with E-state index in [4.69, 9.17) is 0 Å². The average molecular weight is 604 g/mol. The third kappa shape index (κ3) is 3.38. The highest BCUT2D eigenvalue weighted by Gasteiger charge is 2.69. The maximum atomic E-state index is 13.7. The number of H-pyrrole nitrogens is 1. The molecule has 2 aromatic heterocycles. The fraction of sp³-hybridized carbons (Fsp3) is 0.556. The lowest BCUT2D eigenvalue weighted by Gasteiger charge is -2.57. The summed E-state index contributed by atoms with van der Waals surface area (Å²) in [5.74, 6) is 1.38. The number of hydrogen-bond acceptors (Lipinski definition) is 6. The van der Waals surface area contributed by atoms with Crippen LogP contribution in [0, 0.1) is 28.6 Å². The number of rotatable bonds is 4. The molecule has 0 radical (unpaired) electrons. The Hall–Kier alpha value is -1.52. The van der Waals surface area contributed by atoms with Gasteiger partial charge >= 0.3 is 0 Å². The molecule has 0 bridgehead atoms. The van der Waals surface area contributed by atoms with E-state index in [0.29, 0.717) is 28.6 Å². The summed E-state index contributed by atoms with van der Waals surface area (Å²) in [6.45, 7) is 4.45. The van der Waals surface area contributed by atoms with Gasteiger partial charge in [0.15, 0.2) is 22.4 Å². The quantitative estimate of drug-likeness (QED) is 0.288. The van der Waals surface area contributed by atoms with Gasteiger partial charge in [0.1, 0.15) is 5.60 Å². The summed E-state index contributed by atoms with van der Waals surface area (Å²) in [5, 5.41) is 12.8. The van der Waals surface area contributed by atoms with Crippen molar-refractivity contribution in [2.24, 2.45) is 28.6 Å². The number of halogens is 1. The number of aromatic amines is 1. The Balaban J connectivity index is 1.25. The molecule has 4 aliphatic carbocycles. The van der Waals surface area contributed by atoms with Crippen LogP contribution in [0.25, 0.3) is 11.2 Å². The predicted molar refractivity (Wildman–Crippen MR) is 144 cm³/mol. The van der Waals surface area contributed by atoms with Crippen molar-refractivity contribution in [2.45, 2.75) is 60.6 Å². The Morgan fingerprint density at radius 2 is 2.14 bits per heavy atom. The number of ketones is 2. The minimum Gasteiger partial charge on any atom is -0.380 e. The fourth-order valence-electron chi connectivity index (χ4n) is 7.81. The van der Waals surface area contributed by atoms with E-state index < -0.39 is 11.0 Å². The highest BCUT2D eigenvalue weighted by Crippen LogP contribution is 2.68. The van der Waals surface area contributed by atoms with Crippen molar-refractivity contribution in [3.05, 3.63) is 42.1 Å². The lowest BCUT2D eigenvalue weighted by molar-refractivity contribution is -0.156. The van der Waals surface area contributed by atoms with Crippen molar-refractivity contribution < 1.29 is 14.7 Å². The summed E-state index contributed by atoms with van der Waals surface area (Å²) < 4.78 is -0.118. The van der Waals surface area contributed by atoms with Crippen molar-refractivity contribution in [1.82, 2.24) is 15.0 Å². The standard InChI is InChI=1S/C27H30IN3O3S/c1-25-9-7-16(32)12-15(25)5-6-17-18(25)8-10-26(2)19(17)13-21(28)27(26,34)22(33)14-35-24-30-20-4-3-11-29-23(20)31-24/h3-4,7,9,11-12,17-19,21,34H,5-6,8,10,13-14H2,1-2H3,(H,29,30,31)/t17?,18?,19?,21-,25?,26?,27+/m1/s1. The molecule has 0 spiro atoms. The molecule has 4 aliphatic rings. The SMILES string of the molecule is CC12C=CC(=O)C=C1CCC1C2CCC2(C)C1C[C@@H](I)[C@]2(O)C(=O)CSc1nc2ncccc2[nH]1. The van der Waals surface area contributed by atoms with E-state index in [9.17, 15) is 14.7 Å². The summed E-state index contributed by atoms with van der Waals surface area (Å²) in [5.41, 5.74) is 0.861. The van der Waals surface area contributed by atoms with Crippen molar-refractivity contribution in [3.63, 3.8) is 0 Å². The molecule has 5 unspecified atom stereocenters. The van der Waals surface area contributed by atoms with Gasteiger partial charge in [0.2, 0.25) is 0 Å². The minimum atomic E-state index is -1.35. The van der Waals surface area contributed by atoms with Crippen LogP contribution in [0.4, 0.5) is 0 Å². The van der Waals surface area contributed by atoms with Crippen molar-refractivity contribution in [1.29, 1.82) is 0 Å². The number of carbonyl (C=O) groups excluding carboxylic acids is 2. The smallest absolute Gasteiger partial charge is 0.178 e. The monoisotopic (exact) mass is 603 g/mol. The summed E-state index contributed by atoms with van der Waals surface area (Å²) in [6, 6.07) is 3.77. The average Bonchev–Trinajstić information content (AvgIpc) is 3.35. The Labute approximate surface area is 223 Å². The first-order chi connectivity index (χ1) is 16.7. The zero-order chi connectivity index (χ0) is 24.6. The fourth-order valence-corrected chi connectivity index (χ4v) is 10.2. The second kappa shape index (κ2) is 8.25. The number of Topliss-reactive ketones (excluding diaryl/α,β-unsaturated/α-hetero) is 1. The molecule has 0 aromatic carbocycles. The van der Waals surface area contributed by atoms with E-state index in [0.717, 1.165) is 37.6 Å². The second-order valence-corrected chi connectivity index (χ2v) is 13.6. The number of allylic oxidation sites excluding steroid dienone is 4. The summed E-state index contributed by atoms with van der Waals surface area (Å²) in [4.78, 5) is 37.7. The van der Waals surface area contributed by atoms with Gasteiger partial charge in [-0.15, -0.1) is 0 Å². The molecule has 3 fully saturated rings. The van der Waals surface area contributed by atoms with Gasteiger partial charge in [-0.2, -0.15) is 0 Å². The molecule has 35 heavy (non-hydrogen) atoms. The third-order valence-corrected chi connectivity index (χ3v) is 12.0. The molecular weight excluding hydrogens is 573 g/mol. The number of alkyl halides is 1. The molecule has 2 aromatic rings. The number of pyridine rings is 1. The molecular formula is C27H30IN3O3S. The molecule has 0 saturated heterocycles. The number of aromatic nitrogens is 3. The Morgan fingerprint density at radius 3 is 2.94 bits per heavy atom. The van der Waals surface area contributed by atoms with E-state index in [-0.39, 0.29) is 26.7 Å². The zero-order valence-corrected chi connectivity index (χ0v) is 22.9. The van der Waals surface area contributed by atoms with Crippen LogP contribution in [0.5, 0.6) is 0 Å². The van der Waals surface area contributed by atoms with Gasteiger partial charge in [0.05, 0.1) is 11.3 Å². The molecule has 3 saturated carbocycles.